The quantitative estimate of drug-likeness (QED) is 0.564. The first-order valence-corrected chi connectivity index (χ1v) is 4.50. The van der Waals surface area contributed by atoms with Gasteiger partial charge in [-0.05, 0) is 13.8 Å². The molecule has 4 heteroatoms. The molecule has 1 aliphatic heterocycles. The van der Waals surface area contributed by atoms with Gasteiger partial charge in [0, 0.05) is 13.1 Å². The molecule has 0 saturated carbocycles. The second-order valence-corrected chi connectivity index (χ2v) is 3.35. The van der Waals surface area contributed by atoms with Gasteiger partial charge in [-0.1, -0.05) is 12.2 Å². The molecule has 1 rings (SSSR count). The number of hydrogen-bond acceptors (Lipinski definition) is 3. The molecule has 0 aliphatic carbocycles. The van der Waals surface area contributed by atoms with E-state index in [9.17, 15) is 4.79 Å². The van der Waals surface area contributed by atoms with E-state index in [0.29, 0.717) is 13.1 Å². The van der Waals surface area contributed by atoms with Gasteiger partial charge < -0.3 is 9.64 Å². The maximum atomic E-state index is 11.2. The fourth-order valence-corrected chi connectivity index (χ4v) is 1.58. The van der Waals surface area contributed by atoms with Gasteiger partial charge in [0.1, 0.15) is 0 Å². The van der Waals surface area contributed by atoms with Crippen LogP contribution in [0.15, 0.2) is 0 Å². The number of ether oxygens (including phenoxy) is 1. The van der Waals surface area contributed by atoms with Gasteiger partial charge >= 0.3 is 0 Å². The summed E-state index contributed by atoms with van der Waals surface area (Å²) < 4.78 is 5.47. The summed E-state index contributed by atoms with van der Waals surface area (Å²) >= 11 is 4.58. The molecule has 0 aromatic rings. The molecule has 2 atom stereocenters. The maximum absolute atomic E-state index is 11.2. The highest BCUT2D eigenvalue weighted by Gasteiger charge is 2.24. The summed E-state index contributed by atoms with van der Waals surface area (Å²) in [6.07, 6.45) is 0.236. The van der Waals surface area contributed by atoms with Crippen molar-refractivity contribution in [3.05, 3.63) is 0 Å². The van der Waals surface area contributed by atoms with Crippen molar-refractivity contribution in [1.29, 1.82) is 0 Å². The molecule has 0 aromatic carbocycles. The fourth-order valence-electron chi connectivity index (χ4n) is 1.43. The zero-order valence-electron chi connectivity index (χ0n) is 7.32. The zero-order valence-corrected chi connectivity index (χ0v) is 8.13. The van der Waals surface area contributed by atoms with Gasteiger partial charge in [0.2, 0.25) is 0 Å². The van der Waals surface area contributed by atoms with E-state index < -0.39 is 0 Å². The Labute approximate surface area is 77.7 Å². The third kappa shape index (κ3) is 2.25. The minimum atomic E-state index is -0.0769. The van der Waals surface area contributed by atoms with Gasteiger partial charge in [-0.3, -0.25) is 4.79 Å². The Balaban J connectivity index is 2.54. The SMILES string of the molecule is C[C@@H]1CN(C(=O)C=S)C[C@@H](C)O1. The molecule has 1 saturated heterocycles. The molecule has 1 heterocycles. The van der Waals surface area contributed by atoms with Gasteiger partial charge in [-0.25, -0.2) is 0 Å². The van der Waals surface area contributed by atoms with Crippen molar-refractivity contribution >= 4 is 23.5 Å². The summed E-state index contributed by atoms with van der Waals surface area (Å²) in [7, 11) is 0. The van der Waals surface area contributed by atoms with Crippen LogP contribution >= 0.6 is 12.2 Å². The first-order valence-electron chi connectivity index (χ1n) is 4.03. The van der Waals surface area contributed by atoms with Crippen molar-refractivity contribution in [3.8, 4) is 0 Å². The Morgan fingerprint density at radius 3 is 2.42 bits per heavy atom. The first kappa shape index (κ1) is 9.61. The lowest BCUT2D eigenvalue weighted by Crippen LogP contribution is -2.48. The molecule has 1 aliphatic rings. The van der Waals surface area contributed by atoms with Crippen molar-refractivity contribution in [1.82, 2.24) is 4.90 Å². The molecule has 12 heavy (non-hydrogen) atoms. The van der Waals surface area contributed by atoms with Crippen molar-refractivity contribution in [2.45, 2.75) is 26.1 Å². The molecule has 0 spiro atoms. The molecule has 0 aromatic heterocycles. The number of carbonyl (C=O) groups excluding carboxylic acids is 1. The molecular formula is C8H13NO2S. The first-order chi connectivity index (χ1) is 5.63. The Kier molecular flexibility index (Phi) is 3.17. The van der Waals surface area contributed by atoms with E-state index in [-0.39, 0.29) is 18.1 Å². The minimum absolute atomic E-state index is 0.0769. The lowest BCUT2D eigenvalue weighted by atomic mass is 10.2. The van der Waals surface area contributed by atoms with E-state index in [0.717, 1.165) is 0 Å². The van der Waals surface area contributed by atoms with Crippen LogP contribution in [-0.4, -0.2) is 41.5 Å². The Morgan fingerprint density at radius 2 is 2.00 bits per heavy atom. The Bertz CT molecular complexity index is 185. The van der Waals surface area contributed by atoms with E-state index >= 15 is 0 Å². The second kappa shape index (κ2) is 3.96. The van der Waals surface area contributed by atoms with Crippen LogP contribution in [0.1, 0.15) is 13.8 Å². The van der Waals surface area contributed by atoms with E-state index in [4.69, 9.17) is 4.74 Å². The highest BCUT2D eigenvalue weighted by molar-refractivity contribution is 7.80. The highest BCUT2D eigenvalue weighted by Crippen LogP contribution is 2.09. The third-order valence-electron chi connectivity index (χ3n) is 1.83. The summed E-state index contributed by atoms with van der Waals surface area (Å²) in [5, 5.41) is 1.19. The van der Waals surface area contributed by atoms with Crippen LogP contribution in [0.3, 0.4) is 0 Å². The lowest BCUT2D eigenvalue weighted by Gasteiger charge is -2.34. The Morgan fingerprint density at radius 1 is 1.50 bits per heavy atom. The smallest absolute Gasteiger partial charge is 0.257 e. The van der Waals surface area contributed by atoms with Crippen molar-refractivity contribution in [2.75, 3.05) is 13.1 Å². The van der Waals surface area contributed by atoms with E-state index in [1.54, 1.807) is 4.90 Å². The number of morpholine rings is 1. The molecule has 1 amide bonds. The van der Waals surface area contributed by atoms with Crippen molar-refractivity contribution in [3.63, 3.8) is 0 Å². The van der Waals surface area contributed by atoms with Gasteiger partial charge in [0.05, 0.1) is 17.6 Å². The highest BCUT2D eigenvalue weighted by atomic mass is 32.1. The number of hydrogen-bond donors (Lipinski definition) is 0. The van der Waals surface area contributed by atoms with Gasteiger partial charge in [0.25, 0.3) is 5.91 Å². The number of amides is 1. The zero-order chi connectivity index (χ0) is 9.14. The maximum Gasteiger partial charge on any atom is 0.257 e. The third-order valence-corrected chi connectivity index (χ3v) is 2.03. The van der Waals surface area contributed by atoms with Crippen LogP contribution in [-0.2, 0) is 9.53 Å². The number of nitrogens with zero attached hydrogens (tertiary/aromatic N) is 1. The predicted octanol–water partition coefficient (Wildman–Crippen LogP) is 0.622. The van der Waals surface area contributed by atoms with Gasteiger partial charge in [0.15, 0.2) is 0 Å². The molecule has 0 unspecified atom stereocenters. The van der Waals surface area contributed by atoms with E-state index in [1.165, 1.54) is 5.37 Å². The van der Waals surface area contributed by atoms with Crippen molar-refractivity contribution in [2.24, 2.45) is 0 Å². The van der Waals surface area contributed by atoms with Crippen LogP contribution in [0, 0.1) is 0 Å². The summed E-state index contributed by atoms with van der Waals surface area (Å²) in [5.74, 6) is -0.0769. The molecule has 0 radical (unpaired) electrons. The fraction of sp³-hybridized carbons (Fsp3) is 0.750. The Hall–Kier alpha value is -0.480. The average molecular weight is 187 g/mol. The van der Waals surface area contributed by atoms with Crippen LogP contribution in [0.4, 0.5) is 0 Å². The summed E-state index contributed by atoms with van der Waals surface area (Å²) in [5.41, 5.74) is 0. The average Bonchev–Trinajstić information content (AvgIpc) is 2.01. The molecular weight excluding hydrogens is 174 g/mol. The molecule has 3 nitrogen and oxygen atoms in total. The largest absolute Gasteiger partial charge is 0.372 e. The van der Waals surface area contributed by atoms with Crippen LogP contribution in [0.2, 0.25) is 0 Å². The van der Waals surface area contributed by atoms with Crippen molar-refractivity contribution < 1.29 is 9.53 Å². The number of carbonyl (C=O) groups is 1. The van der Waals surface area contributed by atoms with E-state index in [2.05, 4.69) is 12.2 Å². The topological polar surface area (TPSA) is 29.5 Å². The molecule has 68 valence electrons. The minimum Gasteiger partial charge on any atom is -0.372 e. The van der Waals surface area contributed by atoms with Crippen LogP contribution in [0.25, 0.3) is 0 Å². The predicted molar refractivity (Wildman–Crippen MR) is 50.2 cm³/mol. The lowest BCUT2D eigenvalue weighted by molar-refractivity contribution is -0.135. The van der Waals surface area contributed by atoms with Crippen LogP contribution < -0.4 is 0 Å². The van der Waals surface area contributed by atoms with Gasteiger partial charge in [-0.15, -0.1) is 0 Å². The molecule has 0 N–H and O–H groups in total. The summed E-state index contributed by atoms with van der Waals surface area (Å²) in [4.78, 5) is 12.9. The molecule has 1 fully saturated rings. The number of rotatable bonds is 1. The van der Waals surface area contributed by atoms with Crippen LogP contribution in [0.5, 0.6) is 0 Å². The molecule has 0 bridgehead atoms. The van der Waals surface area contributed by atoms with Gasteiger partial charge in [-0.2, -0.15) is 0 Å². The van der Waals surface area contributed by atoms with E-state index in [1.807, 2.05) is 13.8 Å². The standard InChI is InChI=1S/C8H13NO2S/c1-6-3-9(8(10)5-12)4-7(2)11-6/h5-7H,3-4H2,1-2H3/t6-,7-/m1/s1. The normalized spacial score (nSPS) is 30.0. The summed E-state index contributed by atoms with van der Waals surface area (Å²) in [6.45, 7) is 5.21. The monoisotopic (exact) mass is 187 g/mol. The number of thiocarbonyl (C=S) groups is 1. The summed E-state index contributed by atoms with van der Waals surface area (Å²) in [6, 6.07) is 0. The second-order valence-electron chi connectivity index (χ2n) is 3.12.